The van der Waals surface area contributed by atoms with Gasteiger partial charge in [0.2, 0.25) is 5.95 Å². The number of amides is 1. The fourth-order valence-electron chi connectivity index (χ4n) is 4.67. The molecule has 2 aromatic heterocycles. The molecule has 37 heavy (non-hydrogen) atoms. The number of carbonyl (C=O) groups is 1. The van der Waals surface area contributed by atoms with E-state index in [4.69, 9.17) is 10.1 Å². The van der Waals surface area contributed by atoms with Crippen molar-refractivity contribution in [2.45, 2.75) is 57.6 Å². The Bertz CT molecular complexity index is 1360. The van der Waals surface area contributed by atoms with Crippen molar-refractivity contribution in [3.63, 3.8) is 0 Å². The van der Waals surface area contributed by atoms with Crippen molar-refractivity contribution in [3.05, 3.63) is 66.1 Å². The molecule has 1 aliphatic rings. The smallest absolute Gasteiger partial charge is 0.255 e. The number of hydrogen-bond donors (Lipinski definition) is 3. The summed E-state index contributed by atoms with van der Waals surface area (Å²) in [4.78, 5) is 21.8. The van der Waals surface area contributed by atoms with Crippen molar-refractivity contribution in [2.75, 3.05) is 17.2 Å². The molecule has 192 valence electrons. The van der Waals surface area contributed by atoms with E-state index < -0.39 is 0 Å². The van der Waals surface area contributed by atoms with Gasteiger partial charge in [0.15, 0.2) is 5.65 Å². The van der Waals surface area contributed by atoms with Gasteiger partial charge >= 0.3 is 0 Å². The van der Waals surface area contributed by atoms with Gasteiger partial charge in [0.05, 0.1) is 17.5 Å². The van der Waals surface area contributed by atoms with Gasteiger partial charge in [-0.3, -0.25) is 4.79 Å². The first-order valence-corrected chi connectivity index (χ1v) is 12.9. The monoisotopic (exact) mass is 502 g/mol. The zero-order valence-corrected chi connectivity index (χ0v) is 20.8. The average molecular weight is 503 g/mol. The molecule has 1 amide bonds. The second-order valence-corrected chi connectivity index (χ2v) is 9.51. The number of nitrogens with one attached hydrogen (secondary N) is 2. The summed E-state index contributed by atoms with van der Waals surface area (Å²) >= 11 is 0. The summed E-state index contributed by atoms with van der Waals surface area (Å²) in [5.74, 6) is -0.105. The van der Waals surface area contributed by atoms with Crippen LogP contribution in [0.3, 0.4) is 0 Å². The molecular weight excluding hydrogens is 471 g/mol. The van der Waals surface area contributed by atoms with Gasteiger partial charge in [0, 0.05) is 29.6 Å². The van der Waals surface area contributed by atoms with Gasteiger partial charge in [-0.2, -0.15) is 10.1 Å². The van der Waals surface area contributed by atoms with E-state index in [0.717, 1.165) is 67.4 Å². The molecule has 3 N–H and O–H groups in total. The highest BCUT2D eigenvalue weighted by Gasteiger charge is 2.25. The molecule has 0 spiro atoms. The van der Waals surface area contributed by atoms with Gasteiger partial charge in [-0.15, -0.1) is 0 Å². The lowest BCUT2D eigenvalue weighted by Gasteiger charge is -2.25. The minimum absolute atomic E-state index is 0.160. The van der Waals surface area contributed by atoms with Crippen LogP contribution in [0.25, 0.3) is 22.3 Å². The molecule has 0 bridgehead atoms. The third-order valence-electron chi connectivity index (χ3n) is 6.80. The Morgan fingerprint density at radius 1 is 1.08 bits per heavy atom. The summed E-state index contributed by atoms with van der Waals surface area (Å²) in [5.41, 5.74) is 3.45. The number of hydrogen-bond acceptors (Lipinski definition) is 6. The second kappa shape index (κ2) is 11.0. The molecule has 9 heteroatoms. The van der Waals surface area contributed by atoms with E-state index in [9.17, 15) is 14.3 Å². The standard InChI is InChI=1S/C28H31FN6O2/c1-2-3-16-30-28-31-17-24-25(34-35(26(24)33-28)22-12-14-23(36)15-13-22)18-6-10-21(11-7-18)32-27(37)19-4-8-20(29)9-5-19/h4-11,17,22-23,36H,2-3,12-16H2,1H3,(H,32,37)(H,30,31,33)/t22-,23-. The molecule has 0 radical (unpaired) electrons. The van der Waals surface area contributed by atoms with E-state index in [1.165, 1.54) is 24.3 Å². The Kier molecular flexibility index (Phi) is 7.41. The van der Waals surface area contributed by atoms with E-state index in [1.54, 1.807) is 0 Å². The maximum absolute atomic E-state index is 13.2. The molecule has 1 saturated carbocycles. The first kappa shape index (κ1) is 24.8. The summed E-state index contributed by atoms with van der Waals surface area (Å²) in [6.07, 6.45) is 6.86. The van der Waals surface area contributed by atoms with Crippen molar-refractivity contribution in [2.24, 2.45) is 0 Å². The number of anilines is 2. The highest BCUT2D eigenvalue weighted by molar-refractivity contribution is 6.04. The van der Waals surface area contributed by atoms with Crippen molar-refractivity contribution in [1.29, 1.82) is 0 Å². The van der Waals surface area contributed by atoms with Crippen LogP contribution in [0.5, 0.6) is 0 Å². The molecule has 2 aromatic carbocycles. The summed E-state index contributed by atoms with van der Waals surface area (Å²) in [5, 5.41) is 22.0. The highest BCUT2D eigenvalue weighted by atomic mass is 19.1. The van der Waals surface area contributed by atoms with Gasteiger partial charge in [-0.25, -0.2) is 14.1 Å². The maximum Gasteiger partial charge on any atom is 0.255 e. The van der Waals surface area contributed by atoms with E-state index in [2.05, 4.69) is 22.5 Å². The van der Waals surface area contributed by atoms with Crippen LogP contribution in [0.2, 0.25) is 0 Å². The number of aromatic nitrogens is 4. The molecule has 2 heterocycles. The lowest BCUT2D eigenvalue weighted by Crippen LogP contribution is -2.22. The molecule has 0 saturated heterocycles. The Morgan fingerprint density at radius 3 is 2.51 bits per heavy atom. The van der Waals surface area contributed by atoms with Crippen LogP contribution in [0.4, 0.5) is 16.0 Å². The first-order chi connectivity index (χ1) is 18.0. The van der Waals surface area contributed by atoms with Crippen LogP contribution < -0.4 is 10.6 Å². The van der Waals surface area contributed by atoms with Gasteiger partial charge in [0.25, 0.3) is 5.91 Å². The molecular formula is C28H31FN6O2. The average Bonchev–Trinajstić information content (AvgIpc) is 3.29. The number of unbranched alkanes of at least 4 members (excludes halogenated alkanes) is 1. The second-order valence-electron chi connectivity index (χ2n) is 9.51. The van der Waals surface area contributed by atoms with Crippen molar-refractivity contribution in [3.8, 4) is 11.3 Å². The minimum Gasteiger partial charge on any atom is -0.393 e. The summed E-state index contributed by atoms with van der Waals surface area (Å²) in [6, 6.07) is 13.0. The molecule has 0 unspecified atom stereocenters. The van der Waals surface area contributed by atoms with Crippen molar-refractivity contribution >= 4 is 28.6 Å². The summed E-state index contributed by atoms with van der Waals surface area (Å²) < 4.78 is 15.2. The SMILES string of the molecule is CCCCNc1ncc2c(-c3ccc(NC(=O)c4ccc(F)cc4)cc3)nn([C@H]3CC[C@H](O)CC3)c2n1. The Balaban J connectivity index is 1.43. The first-order valence-electron chi connectivity index (χ1n) is 12.9. The number of rotatable bonds is 8. The van der Waals surface area contributed by atoms with Crippen LogP contribution in [-0.2, 0) is 0 Å². The molecule has 1 fully saturated rings. The number of carbonyl (C=O) groups excluding carboxylic acids is 1. The van der Waals surface area contributed by atoms with E-state index in [0.29, 0.717) is 17.2 Å². The third-order valence-corrected chi connectivity index (χ3v) is 6.80. The van der Waals surface area contributed by atoms with Gasteiger partial charge < -0.3 is 15.7 Å². The largest absolute Gasteiger partial charge is 0.393 e. The number of fused-ring (bicyclic) bond motifs is 1. The topological polar surface area (TPSA) is 105 Å². The molecule has 5 rings (SSSR count). The Labute approximate surface area is 215 Å². The quantitative estimate of drug-likeness (QED) is 0.272. The predicted octanol–water partition coefficient (Wildman–Crippen LogP) is 5.57. The van der Waals surface area contributed by atoms with Crippen molar-refractivity contribution in [1.82, 2.24) is 19.7 Å². The number of nitrogens with zero attached hydrogens (tertiary/aromatic N) is 4. The summed E-state index contributed by atoms with van der Waals surface area (Å²) in [6.45, 7) is 2.95. The zero-order chi connectivity index (χ0) is 25.8. The van der Waals surface area contributed by atoms with E-state index in [-0.39, 0.29) is 23.9 Å². The Hall–Kier alpha value is -3.85. The van der Waals surface area contributed by atoms with Crippen LogP contribution in [0, 0.1) is 5.82 Å². The molecule has 4 aromatic rings. The van der Waals surface area contributed by atoms with E-state index in [1.807, 2.05) is 35.1 Å². The summed E-state index contributed by atoms with van der Waals surface area (Å²) in [7, 11) is 0. The molecule has 0 atom stereocenters. The van der Waals surface area contributed by atoms with Gasteiger partial charge in [-0.1, -0.05) is 25.5 Å². The number of aliphatic hydroxyl groups excluding tert-OH is 1. The normalized spacial score (nSPS) is 17.6. The van der Waals surface area contributed by atoms with Gasteiger partial charge in [-0.05, 0) is 68.5 Å². The fourth-order valence-corrected chi connectivity index (χ4v) is 4.67. The maximum atomic E-state index is 13.2. The fraction of sp³-hybridized carbons (Fsp3) is 0.357. The lowest BCUT2D eigenvalue weighted by molar-refractivity contribution is 0.102. The van der Waals surface area contributed by atoms with E-state index >= 15 is 0 Å². The van der Waals surface area contributed by atoms with Crippen LogP contribution in [-0.4, -0.2) is 43.4 Å². The number of halogens is 1. The van der Waals surface area contributed by atoms with Gasteiger partial charge in [0.1, 0.15) is 11.5 Å². The van der Waals surface area contributed by atoms with Crippen molar-refractivity contribution < 1.29 is 14.3 Å². The molecule has 1 aliphatic carbocycles. The minimum atomic E-state index is -0.384. The number of benzene rings is 2. The Morgan fingerprint density at radius 2 is 1.81 bits per heavy atom. The molecule has 0 aliphatic heterocycles. The van der Waals surface area contributed by atoms with Crippen LogP contribution in [0.1, 0.15) is 61.8 Å². The van der Waals surface area contributed by atoms with Crippen LogP contribution >= 0.6 is 0 Å². The zero-order valence-electron chi connectivity index (χ0n) is 20.8. The number of aliphatic hydroxyl groups is 1. The van der Waals surface area contributed by atoms with Crippen LogP contribution in [0.15, 0.2) is 54.7 Å². The molecule has 8 nitrogen and oxygen atoms in total. The third kappa shape index (κ3) is 5.61. The lowest BCUT2D eigenvalue weighted by atomic mass is 9.93. The predicted molar refractivity (Wildman–Crippen MR) is 142 cm³/mol. The highest BCUT2D eigenvalue weighted by Crippen LogP contribution is 2.34.